The monoisotopic (exact) mass is 494 g/mol. The van der Waals surface area contributed by atoms with Crippen LogP contribution in [0.3, 0.4) is 0 Å². The average molecular weight is 495 g/mol. The van der Waals surface area contributed by atoms with E-state index in [2.05, 4.69) is 13.8 Å². The lowest BCUT2D eigenvalue weighted by Crippen LogP contribution is -2.00. The summed E-state index contributed by atoms with van der Waals surface area (Å²) >= 11 is 0. The van der Waals surface area contributed by atoms with Gasteiger partial charge in [0.25, 0.3) is 0 Å². The minimum Gasteiger partial charge on any atom is -0.404 e. The lowest BCUT2D eigenvalue weighted by Gasteiger charge is -2.15. The Hall–Kier alpha value is -0.880. The molecule has 0 saturated heterocycles. The fourth-order valence-electron chi connectivity index (χ4n) is 3.01. The van der Waals surface area contributed by atoms with Gasteiger partial charge in [-0.3, -0.25) is 18.8 Å². The molecule has 0 aliphatic heterocycles. The van der Waals surface area contributed by atoms with Crippen LogP contribution in [0.25, 0.3) is 0 Å². The van der Waals surface area contributed by atoms with E-state index in [9.17, 15) is 18.9 Å². The van der Waals surface area contributed by atoms with E-state index in [0.717, 1.165) is 38.5 Å². The molecular formula is C22H40O8P2. The zero-order chi connectivity index (χ0) is 23.7. The van der Waals surface area contributed by atoms with E-state index in [-0.39, 0.29) is 24.7 Å². The molecule has 8 nitrogen and oxygen atoms in total. The molecule has 0 aliphatic rings. The Kier molecular flexibility index (Phi) is 15.2. The Morgan fingerprint density at radius 2 is 0.906 bits per heavy atom. The molecule has 0 bridgehead atoms. The topological polar surface area (TPSA) is 112 Å². The quantitative estimate of drug-likeness (QED) is 0.142. The predicted octanol–water partition coefficient (Wildman–Crippen LogP) is 7.40. The van der Waals surface area contributed by atoms with E-state index in [1.807, 2.05) is 0 Å². The molecule has 10 heteroatoms. The highest BCUT2D eigenvalue weighted by Crippen LogP contribution is 2.46. The number of phosphoric ester groups is 2. The van der Waals surface area contributed by atoms with Crippen LogP contribution in [-0.4, -0.2) is 23.0 Å². The van der Waals surface area contributed by atoms with Crippen molar-refractivity contribution in [2.24, 2.45) is 0 Å². The zero-order valence-corrected chi connectivity index (χ0v) is 21.2. The highest BCUT2D eigenvalue weighted by Gasteiger charge is 2.24. The zero-order valence-electron chi connectivity index (χ0n) is 19.4. The summed E-state index contributed by atoms with van der Waals surface area (Å²) in [6.07, 6.45) is 12.4. The van der Waals surface area contributed by atoms with Gasteiger partial charge in [0.05, 0.1) is 13.2 Å². The van der Waals surface area contributed by atoms with Gasteiger partial charge in [-0.15, -0.1) is 0 Å². The second-order valence-corrected chi connectivity index (χ2v) is 10.5. The molecule has 32 heavy (non-hydrogen) atoms. The SMILES string of the molecule is CCCCCCCCOP(=O)(O)Oc1ccc(OP(=O)(O)OCCCCCCCC)cc1. The van der Waals surface area contributed by atoms with Gasteiger partial charge < -0.3 is 9.05 Å². The van der Waals surface area contributed by atoms with E-state index in [1.165, 1.54) is 49.9 Å². The molecule has 0 radical (unpaired) electrons. The maximum Gasteiger partial charge on any atom is 0.527 e. The first kappa shape index (κ1) is 29.2. The van der Waals surface area contributed by atoms with Gasteiger partial charge in [-0.25, -0.2) is 9.13 Å². The molecule has 2 N–H and O–H groups in total. The number of benzene rings is 1. The normalized spacial score (nSPS) is 15.1. The molecule has 0 heterocycles. The third-order valence-electron chi connectivity index (χ3n) is 4.77. The van der Waals surface area contributed by atoms with Crippen LogP contribution in [0.15, 0.2) is 24.3 Å². The summed E-state index contributed by atoms with van der Waals surface area (Å²) in [6.45, 7) is 4.58. The Labute approximate surface area is 192 Å². The van der Waals surface area contributed by atoms with Crippen LogP contribution in [0.2, 0.25) is 0 Å². The molecule has 0 amide bonds. The number of rotatable bonds is 20. The van der Waals surface area contributed by atoms with E-state index in [4.69, 9.17) is 18.1 Å². The van der Waals surface area contributed by atoms with Gasteiger partial charge in [-0.1, -0.05) is 78.1 Å². The Morgan fingerprint density at radius 1 is 0.594 bits per heavy atom. The average Bonchev–Trinajstić information content (AvgIpc) is 2.73. The van der Waals surface area contributed by atoms with Crippen LogP contribution in [-0.2, 0) is 18.2 Å². The van der Waals surface area contributed by atoms with E-state index in [1.54, 1.807) is 0 Å². The molecule has 0 saturated carbocycles. The van der Waals surface area contributed by atoms with Crippen LogP contribution in [0.1, 0.15) is 90.9 Å². The van der Waals surface area contributed by atoms with Crippen molar-refractivity contribution in [2.75, 3.05) is 13.2 Å². The molecule has 1 aromatic carbocycles. The third kappa shape index (κ3) is 15.0. The van der Waals surface area contributed by atoms with Crippen molar-refractivity contribution in [3.63, 3.8) is 0 Å². The molecule has 0 fully saturated rings. The molecule has 2 atom stereocenters. The van der Waals surface area contributed by atoms with Crippen molar-refractivity contribution in [1.29, 1.82) is 0 Å². The van der Waals surface area contributed by atoms with Gasteiger partial charge in [0, 0.05) is 0 Å². The minimum absolute atomic E-state index is 0.0897. The first-order chi connectivity index (χ1) is 15.3. The van der Waals surface area contributed by atoms with Crippen LogP contribution in [0.5, 0.6) is 11.5 Å². The fraction of sp³-hybridized carbons (Fsp3) is 0.727. The molecular weight excluding hydrogens is 454 g/mol. The highest BCUT2D eigenvalue weighted by atomic mass is 31.2. The van der Waals surface area contributed by atoms with Gasteiger partial charge in [0.2, 0.25) is 0 Å². The molecule has 2 unspecified atom stereocenters. The molecule has 0 aromatic heterocycles. The first-order valence-corrected chi connectivity index (χ1v) is 14.7. The summed E-state index contributed by atoms with van der Waals surface area (Å²) < 4.78 is 44.1. The highest BCUT2D eigenvalue weighted by molar-refractivity contribution is 7.48. The maximum absolute atomic E-state index is 12.0. The minimum atomic E-state index is -4.23. The lowest BCUT2D eigenvalue weighted by atomic mass is 10.1. The second-order valence-electron chi connectivity index (χ2n) is 7.79. The van der Waals surface area contributed by atoms with Crippen molar-refractivity contribution < 1.29 is 37.0 Å². The molecule has 0 aliphatic carbocycles. The van der Waals surface area contributed by atoms with Crippen LogP contribution in [0, 0.1) is 0 Å². The van der Waals surface area contributed by atoms with Crippen molar-refractivity contribution in [3.05, 3.63) is 24.3 Å². The second kappa shape index (κ2) is 16.7. The Bertz CT molecular complexity index is 637. The van der Waals surface area contributed by atoms with E-state index >= 15 is 0 Å². The standard InChI is InChI=1S/C22H40O8P2/c1-3-5-7-9-11-13-19-27-31(23,24)29-21-15-17-22(18-16-21)30-32(25,26)28-20-14-12-10-8-6-4-2/h15-18H,3-14,19-20H2,1-2H3,(H,23,24)(H,25,26). The Balaban J connectivity index is 2.32. The van der Waals surface area contributed by atoms with Crippen molar-refractivity contribution >= 4 is 15.6 Å². The summed E-state index contributed by atoms with van der Waals surface area (Å²) in [7, 11) is -8.46. The smallest absolute Gasteiger partial charge is 0.404 e. The van der Waals surface area contributed by atoms with Crippen molar-refractivity contribution in [2.45, 2.75) is 90.9 Å². The van der Waals surface area contributed by atoms with Crippen molar-refractivity contribution in [1.82, 2.24) is 0 Å². The summed E-state index contributed by atoms with van der Waals surface area (Å²) in [5.74, 6) is 0.179. The number of phosphoric acid groups is 2. The lowest BCUT2D eigenvalue weighted by molar-refractivity contribution is 0.196. The molecule has 0 spiro atoms. The van der Waals surface area contributed by atoms with E-state index in [0.29, 0.717) is 12.8 Å². The number of unbranched alkanes of at least 4 members (excludes halogenated alkanes) is 10. The van der Waals surface area contributed by atoms with Gasteiger partial charge in [0.1, 0.15) is 11.5 Å². The fourth-order valence-corrected chi connectivity index (χ4v) is 4.61. The summed E-state index contributed by atoms with van der Waals surface area (Å²) in [6, 6.07) is 5.44. The van der Waals surface area contributed by atoms with Gasteiger partial charge in [0.15, 0.2) is 0 Å². The van der Waals surface area contributed by atoms with Crippen LogP contribution >= 0.6 is 15.6 Å². The van der Waals surface area contributed by atoms with Gasteiger partial charge in [-0.2, -0.15) is 0 Å². The molecule has 1 aromatic rings. The molecule has 186 valence electrons. The van der Waals surface area contributed by atoms with Crippen LogP contribution in [0.4, 0.5) is 0 Å². The molecule has 1 rings (SSSR count). The van der Waals surface area contributed by atoms with Crippen molar-refractivity contribution in [3.8, 4) is 11.5 Å². The number of hydrogen-bond donors (Lipinski definition) is 2. The predicted molar refractivity (Wildman–Crippen MR) is 126 cm³/mol. The third-order valence-corrected chi connectivity index (χ3v) is 6.67. The van der Waals surface area contributed by atoms with Gasteiger partial charge >= 0.3 is 15.6 Å². The van der Waals surface area contributed by atoms with Crippen LogP contribution < -0.4 is 9.05 Å². The Morgan fingerprint density at radius 3 is 1.25 bits per heavy atom. The largest absolute Gasteiger partial charge is 0.527 e. The summed E-state index contributed by atoms with van der Waals surface area (Å²) in [4.78, 5) is 19.7. The summed E-state index contributed by atoms with van der Waals surface area (Å²) in [5.41, 5.74) is 0. The number of hydrogen-bond acceptors (Lipinski definition) is 6. The first-order valence-electron chi connectivity index (χ1n) is 11.7. The van der Waals surface area contributed by atoms with Gasteiger partial charge in [-0.05, 0) is 37.1 Å². The maximum atomic E-state index is 12.0. The van der Waals surface area contributed by atoms with E-state index < -0.39 is 15.6 Å². The summed E-state index contributed by atoms with van der Waals surface area (Å²) in [5, 5.41) is 0.